The van der Waals surface area contributed by atoms with Gasteiger partial charge in [0.05, 0.1) is 5.92 Å². The number of hydrogen-bond donors (Lipinski definition) is 0. The van der Waals surface area contributed by atoms with Crippen molar-refractivity contribution in [3.8, 4) is 0 Å². The van der Waals surface area contributed by atoms with E-state index in [0.717, 1.165) is 16.8 Å². The normalized spacial score (nSPS) is 13.8. The average Bonchev–Trinajstić information content (AvgIpc) is 2.93. The summed E-state index contributed by atoms with van der Waals surface area (Å²) in [6.45, 7) is 1.67. The fourth-order valence-corrected chi connectivity index (χ4v) is 3.00. The molecule has 2 unspecified atom stereocenters. The molecule has 0 bridgehead atoms. The molecule has 4 nitrogen and oxygen atoms in total. The van der Waals surface area contributed by atoms with Crippen molar-refractivity contribution >= 4 is 17.0 Å². The van der Waals surface area contributed by atoms with Crippen molar-refractivity contribution in [3.05, 3.63) is 62.3 Å². The summed E-state index contributed by atoms with van der Waals surface area (Å²) in [5.41, 5.74) is 3.08. The number of nitro groups is 1. The van der Waals surface area contributed by atoms with Gasteiger partial charge in [0.15, 0.2) is 0 Å². The van der Waals surface area contributed by atoms with Crippen LogP contribution in [0.25, 0.3) is 0 Å². The van der Waals surface area contributed by atoms with Gasteiger partial charge in [-0.3, -0.25) is 10.1 Å². The Morgan fingerprint density at radius 1 is 1.15 bits per heavy atom. The van der Waals surface area contributed by atoms with E-state index >= 15 is 0 Å². The van der Waals surface area contributed by atoms with Crippen molar-refractivity contribution in [1.29, 1.82) is 0 Å². The predicted octanol–water partition coefficient (Wildman–Crippen LogP) is 3.61. The molecule has 2 aromatic rings. The van der Waals surface area contributed by atoms with E-state index in [2.05, 4.69) is 0 Å². The van der Waals surface area contributed by atoms with Crippen LogP contribution in [0.3, 0.4) is 0 Å². The van der Waals surface area contributed by atoms with Crippen LogP contribution in [0, 0.1) is 10.1 Å². The van der Waals surface area contributed by atoms with E-state index in [4.69, 9.17) is 0 Å². The summed E-state index contributed by atoms with van der Waals surface area (Å²) >= 11 is 1.57. The largest absolute Gasteiger partial charge is 0.378 e. The highest BCUT2D eigenvalue weighted by molar-refractivity contribution is 7.08. The molecule has 106 valence electrons. The van der Waals surface area contributed by atoms with Gasteiger partial charge < -0.3 is 4.90 Å². The molecule has 0 aliphatic carbocycles. The second-order valence-electron chi connectivity index (χ2n) is 5.05. The van der Waals surface area contributed by atoms with Crippen molar-refractivity contribution in [1.82, 2.24) is 0 Å². The third kappa shape index (κ3) is 2.99. The molecule has 5 heteroatoms. The molecule has 2 rings (SSSR count). The molecule has 20 heavy (non-hydrogen) atoms. The van der Waals surface area contributed by atoms with Crippen LogP contribution in [0.2, 0.25) is 0 Å². The van der Waals surface area contributed by atoms with Crippen LogP contribution >= 0.6 is 11.3 Å². The maximum absolute atomic E-state index is 11.2. The molecule has 0 aliphatic heterocycles. The molecule has 0 aliphatic rings. The van der Waals surface area contributed by atoms with E-state index < -0.39 is 6.04 Å². The van der Waals surface area contributed by atoms with E-state index in [9.17, 15) is 10.1 Å². The van der Waals surface area contributed by atoms with Gasteiger partial charge in [-0.15, -0.1) is 0 Å². The van der Waals surface area contributed by atoms with Gasteiger partial charge in [-0.2, -0.15) is 11.3 Å². The summed E-state index contributed by atoms with van der Waals surface area (Å²) in [4.78, 5) is 13.0. The van der Waals surface area contributed by atoms with Gasteiger partial charge in [-0.25, -0.2) is 0 Å². The molecule has 1 heterocycles. The summed E-state index contributed by atoms with van der Waals surface area (Å²) in [7, 11) is 3.95. The van der Waals surface area contributed by atoms with Crippen molar-refractivity contribution in [2.75, 3.05) is 19.0 Å². The Morgan fingerprint density at radius 2 is 1.80 bits per heavy atom. The number of nitrogens with zero attached hydrogens (tertiary/aromatic N) is 2. The van der Waals surface area contributed by atoms with Crippen molar-refractivity contribution in [2.45, 2.75) is 18.9 Å². The summed E-state index contributed by atoms with van der Waals surface area (Å²) in [6.07, 6.45) is 0. The van der Waals surface area contributed by atoms with Crippen molar-refractivity contribution < 1.29 is 4.92 Å². The molecule has 2 atom stereocenters. The van der Waals surface area contributed by atoms with Crippen LogP contribution in [0.15, 0.2) is 41.1 Å². The Kier molecular flexibility index (Phi) is 4.39. The molecule has 0 saturated carbocycles. The summed E-state index contributed by atoms with van der Waals surface area (Å²) < 4.78 is 0. The topological polar surface area (TPSA) is 46.4 Å². The van der Waals surface area contributed by atoms with E-state index in [1.807, 2.05) is 60.1 Å². The summed E-state index contributed by atoms with van der Waals surface area (Å²) in [6, 6.07) is 9.29. The van der Waals surface area contributed by atoms with Crippen LogP contribution in [0.5, 0.6) is 0 Å². The Balaban J connectivity index is 2.38. The Labute approximate surface area is 122 Å². The van der Waals surface area contributed by atoms with Gasteiger partial charge >= 0.3 is 0 Å². The predicted molar refractivity (Wildman–Crippen MR) is 83.4 cm³/mol. The fraction of sp³-hybridized carbons (Fsp3) is 0.333. The summed E-state index contributed by atoms with van der Waals surface area (Å²) in [5.74, 6) is -0.201. The molecule has 0 saturated heterocycles. The van der Waals surface area contributed by atoms with Crippen LogP contribution < -0.4 is 4.90 Å². The lowest BCUT2D eigenvalue weighted by molar-refractivity contribution is -0.520. The van der Waals surface area contributed by atoms with Gasteiger partial charge in [0.2, 0.25) is 6.04 Å². The highest BCUT2D eigenvalue weighted by Gasteiger charge is 2.30. The lowest BCUT2D eigenvalue weighted by atomic mass is 9.87. The fourth-order valence-electron chi connectivity index (χ4n) is 2.30. The number of rotatable bonds is 5. The maximum atomic E-state index is 11.2. The van der Waals surface area contributed by atoms with Crippen LogP contribution in [-0.4, -0.2) is 25.1 Å². The van der Waals surface area contributed by atoms with Crippen molar-refractivity contribution in [3.63, 3.8) is 0 Å². The minimum absolute atomic E-state index is 0.201. The first-order valence-corrected chi connectivity index (χ1v) is 7.38. The third-order valence-electron chi connectivity index (χ3n) is 3.49. The van der Waals surface area contributed by atoms with E-state index in [-0.39, 0.29) is 10.8 Å². The Bertz CT molecular complexity index is 564. The smallest absolute Gasteiger partial charge is 0.221 e. The zero-order valence-corrected chi connectivity index (χ0v) is 12.6. The van der Waals surface area contributed by atoms with Gasteiger partial charge in [-0.05, 0) is 40.1 Å². The summed E-state index contributed by atoms with van der Waals surface area (Å²) in [5, 5.41) is 15.1. The minimum atomic E-state index is -0.644. The number of anilines is 1. The van der Waals surface area contributed by atoms with Gasteiger partial charge in [0.25, 0.3) is 0 Å². The van der Waals surface area contributed by atoms with Gasteiger partial charge in [-0.1, -0.05) is 12.1 Å². The molecule has 1 aromatic heterocycles. The second kappa shape index (κ2) is 6.05. The highest BCUT2D eigenvalue weighted by Crippen LogP contribution is 2.31. The monoisotopic (exact) mass is 290 g/mol. The molecule has 0 radical (unpaired) electrons. The highest BCUT2D eigenvalue weighted by atomic mass is 32.1. The van der Waals surface area contributed by atoms with Crippen LogP contribution in [0.1, 0.15) is 24.0 Å². The zero-order chi connectivity index (χ0) is 14.7. The molecular weight excluding hydrogens is 272 g/mol. The van der Waals surface area contributed by atoms with E-state index in [0.29, 0.717) is 0 Å². The molecule has 1 aromatic carbocycles. The first-order valence-electron chi connectivity index (χ1n) is 6.43. The third-order valence-corrected chi connectivity index (χ3v) is 4.19. The van der Waals surface area contributed by atoms with Crippen molar-refractivity contribution in [2.24, 2.45) is 0 Å². The maximum Gasteiger partial charge on any atom is 0.221 e. The standard InChI is InChI=1S/C15H18N2O2S/c1-11(17(18)19)15(13-8-9-20-10-13)12-4-6-14(7-5-12)16(2)3/h4-11,15H,1-3H3. The number of benzene rings is 1. The first-order chi connectivity index (χ1) is 9.50. The molecule has 0 amide bonds. The molecular formula is C15H18N2O2S. The minimum Gasteiger partial charge on any atom is -0.378 e. The molecule has 0 N–H and O–H groups in total. The molecule has 0 fully saturated rings. The quantitative estimate of drug-likeness (QED) is 0.624. The van der Waals surface area contributed by atoms with Crippen LogP contribution in [-0.2, 0) is 0 Å². The molecule has 0 spiro atoms. The SMILES string of the molecule is CC(C(c1ccc(N(C)C)cc1)c1ccsc1)[N+](=O)[O-]. The van der Waals surface area contributed by atoms with Gasteiger partial charge in [0, 0.05) is 31.6 Å². The number of hydrogen-bond acceptors (Lipinski definition) is 4. The Hall–Kier alpha value is -1.88. The second-order valence-corrected chi connectivity index (χ2v) is 5.83. The van der Waals surface area contributed by atoms with E-state index in [1.165, 1.54) is 0 Å². The number of thiophene rings is 1. The average molecular weight is 290 g/mol. The first kappa shape index (κ1) is 14.5. The van der Waals surface area contributed by atoms with Gasteiger partial charge in [0.1, 0.15) is 0 Å². The zero-order valence-electron chi connectivity index (χ0n) is 11.8. The Morgan fingerprint density at radius 3 is 2.25 bits per heavy atom. The van der Waals surface area contributed by atoms with E-state index in [1.54, 1.807) is 18.3 Å². The lowest BCUT2D eigenvalue weighted by Gasteiger charge is -2.19. The van der Waals surface area contributed by atoms with Crippen LogP contribution in [0.4, 0.5) is 5.69 Å². The lowest BCUT2D eigenvalue weighted by Crippen LogP contribution is -2.25.